The molecule has 1 aliphatic heterocycles. The highest BCUT2D eigenvalue weighted by molar-refractivity contribution is 5.75. The predicted molar refractivity (Wildman–Crippen MR) is 149 cm³/mol. The quantitative estimate of drug-likeness (QED) is 0.165. The van der Waals surface area contributed by atoms with Crippen molar-refractivity contribution in [2.45, 2.75) is 51.4 Å². The Balaban J connectivity index is 1.45. The van der Waals surface area contributed by atoms with Gasteiger partial charge in [-0.2, -0.15) is 5.26 Å². The Morgan fingerprint density at radius 3 is 2.33 bits per heavy atom. The first-order valence-electron chi connectivity index (χ1n) is 13.3. The van der Waals surface area contributed by atoms with Crippen molar-refractivity contribution >= 4 is 5.97 Å². The van der Waals surface area contributed by atoms with Crippen LogP contribution < -0.4 is 24.7 Å². The molecule has 0 spiro atoms. The number of nitriles is 1. The van der Waals surface area contributed by atoms with E-state index in [2.05, 4.69) is 13.0 Å². The van der Waals surface area contributed by atoms with Crippen molar-refractivity contribution < 1.29 is 23.7 Å². The molecule has 202 valence electrons. The van der Waals surface area contributed by atoms with Crippen LogP contribution in [0.25, 0.3) is 0 Å². The van der Waals surface area contributed by atoms with Crippen LogP contribution in [0.3, 0.4) is 0 Å². The second kappa shape index (κ2) is 13.4. The van der Waals surface area contributed by atoms with Crippen molar-refractivity contribution in [3.8, 4) is 29.1 Å². The van der Waals surface area contributed by atoms with E-state index >= 15 is 0 Å². The van der Waals surface area contributed by atoms with Crippen molar-refractivity contribution in [1.82, 2.24) is 0 Å². The molecule has 1 aliphatic rings. The molecular formula is C32H34N2O5. The topological polar surface area (TPSA) is 104 Å². The summed E-state index contributed by atoms with van der Waals surface area (Å²) in [6, 6.07) is 22.3. The Hall–Kier alpha value is -4.44. The number of unbranched alkanes of at least 4 members (excludes halogenated alkanes) is 4. The number of fused-ring (bicyclic) bond motifs is 1. The van der Waals surface area contributed by atoms with Gasteiger partial charge in [-0.15, -0.1) is 0 Å². The van der Waals surface area contributed by atoms with E-state index in [-0.39, 0.29) is 12.3 Å². The van der Waals surface area contributed by atoms with Crippen molar-refractivity contribution in [3.63, 3.8) is 0 Å². The van der Waals surface area contributed by atoms with Gasteiger partial charge in [-0.05, 0) is 47.9 Å². The number of hydrogen-bond acceptors (Lipinski definition) is 7. The van der Waals surface area contributed by atoms with Crippen LogP contribution in [0.2, 0.25) is 0 Å². The first-order chi connectivity index (χ1) is 19.0. The molecule has 0 amide bonds. The normalized spacial score (nSPS) is 14.1. The molecule has 3 aromatic rings. The van der Waals surface area contributed by atoms with Crippen LogP contribution in [0.15, 0.2) is 78.2 Å². The molecule has 3 aromatic carbocycles. The van der Waals surface area contributed by atoms with Gasteiger partial charge in [0.05, 0.1) is 26.1 Å². The molecule has 0 aromatic heterocycles. The molecule has 0 fully saturated rings. The predicted octanol–water partition coefficient (Wildman–Crippen LogP) is 6.41. The van der Waals surface area contributed by atoms with E-state index in [1.807, 2.05) is 36.4 Å². The number of ether oxygens (including phenoxy) is 4. The Bertz CT molecular complexity index is 1340. The summed E-state index contributed by atoms with van der Waals surface area (Å²) in [7, 11) is 1.59. The van der Waals surface area contributed by atoms with E-state index in [0.717, 1.165) is 34.6 Å². The number of esters is 1. The first kappa shape index (κ1) is 27.6. The van der Waals surface area contributed by atoms with Crippen molar-refractivity contribution in [3.05, 3.63) is 94.9 Å². The number of rotatable bonds is 12. The summed E-state index contributed by atoms with van der Waals surface area (Å²) in [6.07, 6.45) is 6.01. The van der Waals surface area contributed by atoms with E-state index in [9.17, 15) is 10.1 Å². The number of carbonyl (C=O) groups is 1. The number of benzene rings is 3. The zero-order chi connectivity index (χ0) is 27.6. The van der Waals surface area contributed by atoms with E-state index in [0.29, 0.717) is 23.7 Å². The van der Waals surface area contributed by atoms with Crippen LogP contribution in [-0.4, -0.2) is 19.7 Å². The van der Waals surface area contributed by atoms with Crippen LogP contribution in [0.5, 0.6) is 23.0 Å². The second-order valence-electron chi connectivity index (χ2n) is 9.46. The molecule has 7 nitrogen and oxygen atoms in total. The summed E-state index contributed by atoms with van der Waals surface area (Å²) in [5.74, 6) is 1.50. The van der Waals surface area contributed by atoms with Gasteiger partial charge in [0, 0.05) is 11.6 Å². The minimum absolute atomic E-state index is 0.0316. The number of nitrogens with zero attached hydrogens (tertiary/aromatic N) is 1. The first-order valence-corrected chi connectivity index (χ1v) is 13.3. The van der Waals surface area contributed by atoms with Crippen LogP contribution in [0.1, 0.15) is 61.6 Å². The Morgan fingerprint density at radius 1 is 0.949 bits per heavy atom. The van der Waals surface area contributed by atoms with Gasteiger partial charge in [-0.1, -0.05) is 62.9 Å². The summed E-state index contributed by atoms with van der Waals surface area (Å²) in [4.78, 5) is 12.5. The van der Waals surface area contributed by atoms with Crippen LogP contribution >= 0.6 is 0 Å². The molecule has 2 N–H and O–H groups in total. The number of carbonyl (C=O) groups excluding carboxylic acids is 1. The fourth-order valence-corrected chi connectivity index (χ4v) is 4.57. The summed E-state index contributed by atoms with van der Waals surface area (Å²) >= 11 is 0. The molecule has 0 aliphatic carbocycles. The van der Waals surface area contributed by atoms with Gasteiger partial charge in [0.2, 0.25) is 5.88 Å². The molecule has 4 rings (SSSR count). The lowest BCUT2D eigenvalue weighted by Crippen LogP contribution is -2.21. The van der Waals surface area contributed by atoms with Crippen molar-refractivity contribution in [2.24, 2.45) is 5.73 Å². The lowest BCUT2D eigenvalue weighted by atomic mass is 9.83. The third-order valence-corrected chi connectivity index (χ3v) is 6.66. The third kappa shape index (κ3) is 7.11. The molecule has 0 saturated carbocycles. The Morgan fingerprint density at radius 2 is 1.64 bits per heavy atom. The lowest BCUT2D eigenvalue weighted by molar-refractivity contribution is -0.133. The Kier molecular flexibility index (Phi) is 9.47. The minimum atomic E-state index is -0.411. The maximum Gasteiger partial charge on any atom is 0.315 e. The second-order valence-corrected chi connectivity index (χ2v) is 9.46. The van der Waals surface area contributed by atoms with Crippen LogP contribution in [0, 0.1) is 11.3 Å². The maximum atomic E-state index is 12.5. The van der Waals surface area contributed by atoms with E-state index in [1.54, 1.807) is 37.4 Å². The van der Waals surface area contributed by atoms with Gasteiger partial charge in [-0.3, -0.25) is 4.79 Å². The zero-order valence-electron chi connectivity index (χ0n) is 22.4. The standard InChI is InChI=1S/C32H34N2O5/c1-3-4-5-6-7-18-37-25-14-10-23(11-15-25)31-27-17-16-26(20-29(27)39-32(34)28(31)21-33)38-30(35)19-22-8-12-24(36-2)13-9-22/h8-17,20,31H,3-7,18-19,34H2,1-2H3. The molecule has 0 bridgehead atoms. The molecule has 0 radical (unpaired) electrons. The van der Waals surface area contributed by atoms with Gasteiger partial charge in [0.25, 0.3) is 0 Å². The minimum Gasteiger partial charge on any atom is -0.497 e. The molecule has 7 heteroatoms. The molecule has 1 atom stereocenters. The van der Waals surface area contributed by atoms with E-state index < -0.39 is 11.9 Å². The molecule has 1 heterocycles. The van der Waals surface area contributed by atoms with Gasteiger partial charge < -0.3 is 24.7 Å². The largest absolute Gasteiger partial charge is 0.497 e. The summed E-state index contributed by atoms with van der Waals surface area (Å²) < 4.78 is 22.4. The molecular weight excluding hydrogens is 492 g/mol. The highest BCUT2D eigenvalue weighted by Crippen LogP contribution is 2.43. The number of nitrogens with two attached hydrogens (primary N) is 1. The zero-order valence-corrected chi connectivity index (χ0v) is 22.4. The third-order valence-electron chi connectivity index (χ3n) is 6.66. The van der Waals surface area contributed by atoms with Crippen LogP contribution in [0.4, 0.5) is 0 Å². The average Bonchev–Trinajstić information content (AvgIpc) is 2.95. The fraction of sp³-hybridized carbons (Fsp3) is 0.312. The molecule has 0 saturated heterocycles. The van der Waals surface area contributed by atoms with E-state index in [1.165, 1.54) is 25.7 Å². The summed E-state index contributed by atoms with van der Waals surface area (Å²) in [5.41, 5.74) is 8.94. The summed E-state index contributed by atoms with van der Waals surface area (Å²) in [6.45, 7) is 2.88. The lowest BCUT2D eigenvalue weighted by Gasteiger charge is -2.26. The average molecular weight is 527 g/mol. The fourth-order valence-electron chi connectivity index (χ4n) is 4.57. The van der Waals surface area contributed by atoms with Gasteiger partial charge in [-0.25, -0.2) is 0 Å². The number of hydrogen-bond donors (Lipinski definition) is 1. The van der Waals surface area contributed by atoms with Gasteiger partial charge >= 0.3 is 5.97 Å². The number of allylic oxidation sites excluding steroid dienone is 1. The Labute approximate surface area is 229 Å². The summed E-state index contributed by atoms with van der Waals surface area (Å²) in [5, 5.41) is 9.86. The number of methoxy groups -OCH3 is 1. The highest BCUT2D eigenvalue weighted by Gasteiger charge is 2.31. The van der Waals surface area contributed by atoms with E-state index in [4.69, 9.17) is 24.7 Å². The molecule has 39 heavy (non-hydrogen) atoms. The molecule has 1 unspecified atom stereocenters. The van der Waals surface area contributed by atoms with Crippen molar-refractivity contribution in [2.75, 3.05) is 13.7 Å². The van der Waals surface area contributed by atoms with Crippen molar-refractivity contribution in [1.29, 1.82) is 5.26 Å². The van der Waals surface area contributed by atoms with Gasteiger partial charge in [0.15, 0.2) is 0 Å². The monoisotopic (exact) mass is 526 g/mol. The highest BCUT2D eigenvalue weighted by atomic mass is 16.5. The maximum absolute atomic E-state index is 12.5. The SMILES string of the molecule is CCCCCCCOc1ccc(C2C(C#N)=C(N)Oc3cc(OC(=O)Cc4ccc(OC)cc4)ccc32)cc1. The smallest absolute Gasteiger partial charge is 0.315 e. The van der Waals surface area contributed by atoms with Crippen LogP contribution in [-0.2, 0) is 11.2 Å². The van der Waals surface area contributed by atoms with Gasteiger partial charge in [0.1, 0.15) is 34.6 Å².